The molecule has 1 unspecified atom stereocenters. The molecule has 0 spiro atoms. The zero-order chi connectivity index (χ0) is 12.1. The Balaban J connectivity index is 0. The van der Waals surface area contributed by atoms with Crippen molar-refractivity contribution in [3.8, 4) is 0 Å². The van der Waals surface area contributed by atoms with E-state index in [1.165, 1.54) is 0 Å². The number of aliphatic hydroxyl groups is 1. The van der Waals surface area contributed by atoms with E-state index in [-0.39, 0.29) is 51.4 Å². The first kappa shape index (κ1) is 18.8. The fourth-order valence-electron chi connectivity index (χ4n) is 0.708. The van der Waals surface area contributed by atoms with Gasteiger partial charge in [0.15, 0.2) is 5.25 Å². The van der Waals surface area contributed by atoms with Gasteiger partial charge >= 0.3 is 63.3 Å². The second-order valence-corrected chi connectivity index (χ2v) is 4.09. The van der Waals surface area contributed by atoms with E-state index in [2.05, 4.69) is 4.74 Å². The van der Waals surface area contributed by atoms with Gasteiger partial charge < -0.3 is 14.9 Å². The van der Waals surface area contributed by atoms with E-state index in [9.17, 15) is 18.0 Å². The van der Waals surface area contributed by atoms with Gasteiger partial charge in [-0.1, -0.05) is 0 Å². The standard InChI is InChI=1S/C6H10O8S.K.H/c7-1-2-14-6(10)4(3-5(8)9)15(11,12)13;;/h4,7H,1-3H2,(H,8,9)(H,11,12,13);;. The Morgan fingerprint density at radius 2 is 1.81 bits per heavy atom. The third-order valence-electron chi connectivity index (χ3n) is 1.32. The molecular weight excluding hydrogens is 271 g/mol. The maximum atomic E-state index is 10.9. The van der Waals surface area contributed by atoms with E-state index in [1.807, 2.05) is 0 Å². The van der Waals surface area contributed by atoms with Crippen LogP contribution in [-0.2, 0) is 24.4 Å². The molecule has 0 aromatic carbocycles. The molecule has 0 aliphatic heterocycles. The Kier molecular flexibility index (Phi) is 10.0. The van der Waals surface area contributed by atoms with Gasteiger partial charge in [-0.05, 0) is 0 Å². The third-order valence-corrected chi connectivity index (χ3v) is 2.40. The van der Waals surface area contributed by atoms with Gasteiger partial charge in [0.1, 0.15) is 6.61 Å². The predicted molar refractivity (Wildman–Crippen MR) is 52.8 cm³/mol. The molecule has 1 atom stereocenters. The summed E-state index contributed by atoms with van der Waals surface area (Å²) in [5, 5.41) is 14.4. The van der Waals surface area contributed by atoms with Crippen molar-refractivity contribution < 1.29 is 37.5 Å². The molecule has 0 radical (unpaired) electrons. The van der Waals surface area contributed by atoms with Crippen LogP contribution in [-0.4, -0.2) is 105 Å². The van der Waals surface area contributed by atoms with Crippen LogP contribution in [0.1, 0.15) is 6.42 Å². The van der Waals surface area contributed by atoms with Crippen LogP contribution in [0.4, 0.5) is 0 Å². The average molecular weight is 282 g/mol. The summed E-state index contributed by atoms with van der Waals surface area (Å²) < 4.78 is 33.9. The molecule has 0 heterocycles. The third kappa shape index (κ3) is 7.68. The zero-order valence-corrected chi connectivity index (χ0v) is 8.31. The summed E-state index contributed by atoms with van der Waals surface area (Å²) in [5.41, 5.74) is 0. The summed E-state index contributed by atoms with van der Waals surface area (Å²) in [6.07, 6.45) is -1.09. The molecule has 0 amide bonds. The normalized spacial score (nSPS) is 12.4. The molecule has 8 nitrogen and oxygen atoms in total. The van der Waals surface area contributed by atoms with Crippen molar-refractivity contribution in [2.45, 2.75) is 11.7 Å². The van der Waals surface area contributed by atoms with Crippen molar-refractivity contribution in [2.75, 3.05) is 13.2 Å². The van der Waals surface area contributed by atoms with Crippen LogP contribution in [0, 0.1) is 0 Å². The molecule has 0 saturated carbocycles. The molecule has 10 heteroatoms. The van der Waals surface area contributed by atoms with Gasteiger partial charge in [-0.3, -0.25) is 14.1 Å². The quantitative estimate of drug-likeness (QED) is 0.278. The molecule has 0 aromatic heterocycles. The van der Waals surface area contributed by atoms with E-state index < -0.39 is 46.9 Å². The Bertz CT molecular complexity index is 336. The number of aliphatic hydroxyl groups excluding tert-OH is 1. The van der Waals surface area contributed by atoms with Crippen LogP contribution in [0.3, 0.4) is 0 Å². The second-order valence-electron chi connectivity index (χ2n) is 2.49. The number of ether oxygens (including phenoxy) is 1. The number of hydrogen-bond donors (Lipinski definition) is 3. The van der Waals surface area contributed by atoms with Crippen molar-refractivity contribution in [2.24, 2.45) is 0 Å². The Morgan fingerprint density at radius 3 is 2.12 bits per heavy atom. The van der Waals surface area contributed by atoms with Crippen molar-refractivity contribution in [3.63, 3.8) is 0 Å². The number of carboxylic acids is 1. The number of carboxylic acid groups (broad SMARTS) is 1. The van der Waals surface area contributed by atoms with Gasteiger partial charge in [0.25, 0.3) is 10.1 Å². The topological polar surface area (TPSA) is 138 Å². The van der Waals surface area contributed by atoms with Crippen LogP contribution in [0.2, 0.25) is 0 Å². The minimum absolute atomic E-state index is 0. The van der Waals surface area contributed by atoms with Crippen molar-refractivity contribution in [1.29, 1.82) is 0 Å². The Labute approximate surface area is 134 Å². The molecule has 3 N–H and O–H groups in total. The minimum atomic E-state index is -4.83. The van der Waals surface area contributed by atoms with Crippen LogP contribution < -0.4 is 0 Å². The second kappa shape index (κ2) is 8.52. The van der Waals surface area contributed by atoms with E-state index in [1.54, 1.807) is 0 Å². The van der Waals surface area contributed by atoms with Gasteiger partial charge in [0, 0.05) is 0 Å². The van der Waals surface area contributed by atoms with Gasteiger partial charge in [-0.2, -0.15) is 8.42 Å². The van der Waals surface area contributed by atoms with Crippen LogP contribution in [0.15, 0.2) is 0 Å². The first-order valence-electron chi connectivity index (χ1n) is 3.74. The van der Waals surface area contributed by atoms with E-state index in [4.69, 9.17) is 14.8 Å². The number of carbonyl (C=O) groups is 2. The Morgan fingerprint density at radius 1 is 1.31 bits per heavy atom. The summed E-state index contributed by atoms with van der Waals surface area (Å²) >= 11 is 0. The van der Waals surface area contributed by atoms with Gasteiger partial charge in [-0.25, -0.2) is 0 Å². The summed E-state index contributed by atoms with van der Waals surface area (Å²) in [7, 11) is -4.83. The number of hydrogen-bond acceptors (Lipinski definition) is 6. The number of carbonyl (C=O) groups excluding carboxylic acids is 1. The first-order valence-corrected chi connectivity index (χ1v) is 5.25. The number of esters is 1. The molecule has 0 saturated heterocycles. The van der Waals surface area contributed by atoms with E-state index >= 15 is 0 Å². The molecule has 16 heavy (non-hydrogen) atoms. The molecule has 0 fully saturated rings. The Hall–Kier alpha value is 0.446. The number of aliphatic carboxylic acids is 1. The molecule has 0 aromatic rings. The predicted octanol–water partition coefficient (Wildman–Crippen LogP) is -2.40. The fraction of sp³-hybridized carbons (Fsp3) is 0.667. The summed E-state index contributed by atoms with van der Waals surface area (Å²) in [6, 6.07) is 0. The van der Waals surface area contributed by atoms with E-state index in [0.29, 0.717) is 0 Å². The van der Waals surface area contributed by atoms with Gasteiger partial charge in [0.2, 0.25) is 0 Å². The van der Waals surface area contributed by atoms with Gasteiger partial charge in [-0.15, -0.1) is 0 Å². The molecule has 0 aliphatic carbocycles. The summed E-state index contributed by atoms with van der Waals surface area (Å²) in [4.78, 5) is 21.2. The summed E-state index contributed by atoms with van der Waals surface area (Å²) in [5.74, 6) is -2.98. The maximum absolute atomic E-state index is 10.9. The monoisotopic (exact) mass is 282 g/mol. The number of rotatable bonds is 6. The van der Waals surface area contributed by atoms with Crippen LogP contribution in [0.25, 0.3) is 0 Å². The van der Waals surface area contributed by atoms with Crippen molar-refractivity contribution in [3.05, 3.63) is 0 Å². The van der Waals surface area contributed by atoms with Crippen LogP contribution >= 0.6 is 0 Å². The van der Waals surface area contributed by atoms with Crippen molar-refractivity contribution >= 4 is 73.4 Å². The molecule has 0 bridgehead atoms. The van der Waals surface area contributed by atoms with Gasteiger partial charge in [0.05, 0.1) is 13.0 Å². The molecule has 90 valence electrons. The van der Waals surface area contributed by atoms with Crippen LogP contribution in [0.5, 0.6) is 0 Å². The molecule has 0 rings (SSSR count). The fourth-order valence-corrected chi connectivity index (χ4v) is 1.37. The van der Waals surface area contributed by atoms with Crippen molar-refractivity contribution in [1.82, 2.24) is 0 Å². The average Bonchev–Trinajstić information content (AvgIpc) is 2.08. The zero-order valence-electron chi connectivity index (χ0n) is 7.49. The molecule has 0 aliphatic rings. The molecular formula is C6H11KO8S. The SMILES string of the molecule is O=C(O)CC(C(=O)OCCO)S(=O)(=O)O.[KH]. The van der Waals surface area contributed by atoms with E-state index in [0.717, 1.165) is 0 Å². The first-order chi connectivity index (χ1) is 6.79. The summed E-state index contributed by atoms with van der Waals surface area (Å²) in [6.45, 7) is -0.999.